The van der Waals surface area contributed by atoms with Gasteiger partial charge in [0.15, 0.2) is 23.0 Å². The van der Waals surface area contributed by atoms with E-state index in [4.69, 9.17) is 18.9 Å². The molecule has 0 aliphatic rings. The molecule has 0 spiro atoms. The molecule has 0 aliphatic carbocycles. The van der Waals surface area contributed by atoms with Crippen molar-refractivity contribution in [3.8, 4) is 34.5 Å². The van der Waals surface area contributed by atoms with Crippen LogP contribution < -0.4 is 18.9 Å². The third-order valence-corrected chi connectivity index (χ3v) is 5.90. The van der Waals surface area contributed by atoms with Gasteiger partial charge in [0, 0.05) is 25.8 Å². The van der Waals surface area contributed by atoms with E-state index in [0.29, 0.717) is 23.0 Å². The standard InChI is InChI=1S/2C9H7.2C8H10O3.Hf/c2*1-2-5-9-7-3-6-8(9)4-1;2*1-10-6-4-3-5-7(11-2)8(6)9;/h2*1-7H;2*3-5,9H,1-2H3;/q2*-1;;;. The molecule has 6 aromatic rings. The van der Waals surface area contributed by atoms with E-state index in [1.54, 1.807) is 36.4 Å². The van der Waals surface area contributed by atoms with Gasteiger partial charge in [-0.3, -0.25) is 0 Å². The van der Waals surface area contributed by atoms with Gasteiger partial charge < -0.3 is 29.2 Å². The number of para-hydroxylation sites is 2. The molecule has 212 valence electrons. The first-order valence-corrected chi connectivity index (χ1v) is 12.5. The van der Waals surface area contributed by atoms with E-state index < -0.39 is 0 Å². The van der Waals surface area contributed by atoms with E-state index in [-0.39, 0.29) is 37.3 Å². The molecule has 7 heteroatoms. The largest absolute Gasteiger partial charge is 0.502 e. The molecule has 2 N–H and O–H groups in total. The maximum absolute atomic E-state index is 9.34. The Bertz CT molecular complexity index is 1360. The SMILES string of the molecule is COc1cccc(OC)c1O.COc1cccc(OC)c1O.[Hf].c1ccc2[cH-]ccc2c1.c1ccc2[cH-]ccc2c1. The smallest absolute Gasteiger partial charge is 0.200 e. The van der Waals surface area contributed by atoms with Crippen molar-refractivity contribution in [3.63, 3.8) is 0 Å². The van der Waals surface area contributed by atoms with Crippen LogP contribution in [0.1, 0.15) is 0 Å². The minimum absolute atomic E-state index is 0. The number of ether oxygens (including phenoxy) is 4. The predicted octanol–water partition coefficient (Wildman–Crippen LogP) is 7.93. The number of phenols is 2. The molecular formula is C34H34HfO6-2. The molecule has 0 fully saturated rings. The summed E-state index contributed by atoms with van der Waals surface area (Å²) in [5.41, 5.74) is 0. The van der Waals surface area contributed by atoms with Crippen molar-refractivity contribution in [2.24, 2.45) is 0 Å². The Hall–Kier alpha value is -4.23. The topological polar surface area (TPSA) is 77.4 Å². The number of phenolic OH excluding ortho intramolecular Hbond substituents is 2. The summed E-state index contributed by atoms with van der Waals surface area (Å²) < 4.78 is 19.4. The fourth-order valence-electron chi connectivity index (χ4n) is 3.80. The van der Waals surface area contributed by atoms with Crippen molar-refractivity contribution in [2.75, 3.05) is 28.4 Å². The van der Waals surface area contributed by atoms with Crippen LogP contribution >= 0.6 is 0 Å². The summed E-state index contributed by atoms with van der Waals surface area (Å²) in [5, 5.41) is 24.0. The zero-order valence-electron chi connectivity index (χ0n) is 23.6. The molecule has 0 atom stereocenters. The average Bonchev–Trinajstić information content (AvgIpc) is 3.68. The molecule has 0 radical (unpaired) electrons. The second-order valence-corrected chi connectivity index (χ2v) is 8.33. The number of hydrogen-bond acceptors (Lipinski definition) is 6. The van der Waals surface area contributed by atoms with Crippen molar-refractivity contribution in [3.05, 3.63) is 121 Å². The van der Waals surface area contributed by atoms with Crippen LogP contribution in [0.15, 0.2) is 121 Å². The number of methoxy groups -OCH3 is 4. The van der Waals surface area contributed by atoms with Gasteiger partial charge in [0.25, 0.3) is 0 Å². The van der Waals surface area contributed by atoms with Crippen LogP contribution in [0, 0.1) is 0 Å². The van der Waals surface area contributed by atoms with E-state index >= 15 is 0 Å². The fourth-order valence-corrected chi connectivity index (χ4v) is 3.80. The minimum Gasteiger partial charge on any atom is -0.502 e. The Kier molecular flexibility index (Phi) is 14.0. The van der Waals surface area contributed by atoms with Crippen molar-refractivity contribution in [1.29, 1.82) is 0 Å². The van der Waals surface area contributed by atoms with Gasteiger partial charge >= 0.3 is 0 Å². The second-order valence-electron chi connectivity index (χ2n) is 8.33. The van der Waals surface area contributed by atoms with Gasteiger partial charge in [0.05, 0.1) is 28.4 Å². The van der Waals surface area contributed by atoms with Crippen molar-refractivity contribution >= 4 is 21.5 Å². The Balaban J connectivity index is 0.000000190. The van der Waals surface area contributed by atoms with Gasteiger partial charge in [-0.05, 0) is 24.3 Å². The normalized spacial score (nSPS) is 9.46. The number of rotatable bonds is 4. The summed E-state index contributed by atoms with van der Waals surface area (Å²) in [6.45, 7) is 0. The summed E-state index contributed by atoms with van der Waals surface area (Å²) in [6.07, 6.45) is 0. The van der Waals surface area contributed by atoms with Gasteiger partial charge in [0.1, 0.15) is 0 Å². The zero-order valence-corrected chi connectivity index (χ0v) is 27.2. The first-order chi connectivity index (χ1) is 19.5. The van der Waals surface area contributed by atoms with Crippen molar-refractivity contribution in [2.45, 2.75) is 0 Å². The zero-order chi connectivity index (χ0) is 28.7. The quantitative estimate of drug-likeness (QED) is 0.143. The van der Waals surface area contributed by atoms with Crippen LogP contribution in [0.5, 0.6) is 34.5 Å². The summed E-state index contributed by atoms with van der Waals surface area (Å²) in [4.78, 5) is 0. The Labute approximate surface area is 259 Å². The Morgan fingerprint density at radius 3 is 1.05 bits per heavy atom. The van der Waals surface area contributed by atoms with Gasteiger partial charge in [-0.2, -0.15) is 35.0 Å². The Morgan fingerprint density at radius 1 is 0.439 bits per heavy atom. The van der Waals surface area contributed by atoms with E-state index in [2.05, 4.69) is 84.9 Å². The third-order valence-electron chi connectivity index (χ3n) is 5.90. The van der Waals surface area contributed by atoms with E-state index in [0.717, 1.165) is 0 Å². The monoisotopic (exact) mass is 718 g/mol. The van der Waals surface area contributed by atoms with E-state index in [1.807, 2.05) is 0 Å². The molecule has 0 saturated carbocycles. The van der Waals surface area contributed by atoms with E-state index in [9.17, 15) is 10.2 Å². The molecule has 6 nitrogen and oxygen atoms in total. The van der Waals surface area contributed by atoms with Crippen LogP contribution in [0.3, 0.4) is 0 Å². The molecule has 6 aromatic carbocycles. The number of benzene rings is 4. The summed E-state index contributed by atoms with van der Waals surface area (Å²) in [5.74, 6) is 1.76. The van der Waals surface area contributed by atoms with Crippen LogP contribution in [0.2, 0.25) is 0 Å². The molecule has 0 unspecified atom stereocenters. The van der Waals surface area contributed by atoms with Crippen LogP contribution in [0.4, 0.5) is 0 Å². The fraction of sp³-hybridized carbons (Fsp3) is 0.118. The van der Waals surface area contributed by atoms with Gasteiger partial charge in [-0.15, -0.1) is 59.3 Å². The van der Waals surface area contributed by atoms with Gasteiger partial charge in [-0.1, -0.05) is 24.3 Å². The summed E-state index contributed by atoms with van der Waals surface area (Å²) in [7, 11) is 5.98. The summed E-state index contributed by atoms with van der Waals surface area (Å²) in [6, 6.07) is 39.5. The molecule has 6 rings (SSSR count). The van der Waals surface area contributed by atoms with Crippen LogP contribution in [-0.4, -0.2) is 38.7 Å². The maximum atomic E-state index is 9.34. The van der Waals surface area contributed by atoms with Crippen LogP contribution in [0.25, 0.3) is 21.5 Å². The van der Waals surface area contributed by atoms with Gasteiger partial charge in [0.2, 0.25) is 11.5 Å². The van der Waals surface area contributed by atoms with Gasteiger partial charge in [-0.25, -0.2) is 0 Å². The molecule has 0 heterocycles. The average molecular weight is 717 g/mol. The number of aromatic hydroxyl groups is 2. The first kappa shape index (κ1) is 33.0. The molecule has 0 saturated heterocycles. The van der Waals surface area contributed by atoms with Crippen LogP contribution in [-0.2, 0) is 25.8 Å². The third kappa shape index (κ3) is 9.43. The van der Waals surface area contributed by atoms with Crippen molar-refractivity contribution in [1.82, 2.24) is 0 Å². The van der Waals surface area contributed by atoms with Crippen molar-refractivity contribution < 1.29 is 55.0 Å². The second kappa shape index (κ2) is 17.5. The molecular weight excluding hydrogens is 683 g/mol. The number of hydrogen-bond donors (Lipinski definition) is 2. The summed E-state index contributed by atoms with van der Waals surface area (Å²) >= 11 is 0. The maximum Gasteiger partial charge on any atom is 0.200 e. The first-order valence-electron chi connectivity index (χ1n) is 12.5. The molecule has 0 aliphatic heterocycles. The molecule has 41 heavy (non-hydrogen) atoms. The predicted molar refractivity (Wildman–Crippen MR) is 162 cm³/mol. The molecule has 0 aromatic heterocycles. The Morgan fingerprint density at radius 2 is 0.756 bits per heavy atom. The molecule has 0 amide bonds. The minimum atomic E-state index is 0. The number of fused-ring (bicyclic) bond motifs is 2. The molecule has 0 bridgehead atoms. The van der Waals surface area contributed by atoms with E-state index in [1.165, 1.54) is 50.0 Å².